The van der Waals surface area contributed by atoms with Crippen molar-refractivity contribution in [1.29, 1.82) is 0 Å². The van der Waals surface area contributed by atoms with Crippen LogP contribution in [-0.2, 0) is 18.3 Å². The van der Waals surface area contributed by atoms with Crippen LogP contribution in [0.2, 0.25) is 0 Å². The van der Waals surface area contributed by atoms with Crippen LogP contribution in [-0.4, -0.2) is 34.2 Å². The fourth-order valence-electron chi connectivity index (χ4n) is 3.59. The first-order valence-electron chi connectivity index (χ1n) is 9.75. The van der Waals surface area contributed by atoms with Crippen molar-refractivity contribution in [3.05, 3.63) is 94.9 Å². The van der Waals surface area contributed by atoms with E-state index in [1.54, 1.807) is 6.07 Å². The zero-order chi connectivity index (χ0) is 23.8. The van der Waals surface area contributed by atoms with Gasteiger partial charge in [0.2, 0.25) is 0 Å². The van der Waals surface area contributed by atoms with Crippen molar-refractivity contribution in [3.8, 4) is 5.69 Å². The molecule has 4 aromatic rings. The minimum Gasteiger partial charge on any atom is -0.381 e. The first-order valence-corrected chi connectivity index (χ1v) is 9.75. The average molecular weight is 462 g/mol. The monoisotopic (exact) mass is 462 g/mol. The number of aromatic nitrogens is 6. The molecule has 0 saturated carbocycles. The summed E-state index contributed by atoms with van der Waals surface area (Å²) < 4.78 is 56.5. The molecule has 0 bridgehead atoms. The molecule has 0 aliphatic heterocycles. The molecule has 0 radical (unpaired) electrons. The highest BCUT2D eigenvalue weighted by atomic mass is 19.4. The molecule has 0 amide bonds. The number of hydrogen-bond acceptors (Lipinski definition) is 5. The Balaban J connectivity index is 1.75. The molecule has 0 fully saturated rings. The summed E-state index contributed by atoms with van der Waals surface area (Å²) in [7, 11) is 0. The van der Waals surface area contributed by atoms with E-state index in [2.05, 4.69) is 15.2 Å². The Labute approximate surface area is 184 Å². The normalized spacial score (nSPS) is 14.7. The second-order valence-corrected chi connectivity index (χ2v) is 7.45. The lowest BCUT2D eigenvalue weighted by molar-refractivity contribution is -0.137. The maximum atomic E-state index is 14.7. The van der Waals surface area contributed by atoms with Gasteiger partial charge < -0.3 is 5.11 Å². The van der Waals surface area contributed by atoms with Crippen molar-refractivity contribution >= 4 is 0 Å². The number of aliphatic hydroxyl groups is 1. The van der Waals surface area contributed by atoms with E-state index in [0.29, 0.717) is 0 Å². The Morgan fingerprint density at radius 3 is 2.33 bits per heavy atom. The van der Waals surface area contributed by atoms with Gasteiger partial charge in [0, 0.05) is 5.56 Å². The number of rotatable bonds is 6. The maximum absolute atomic E-state index is 14.7. The van der Waals surface area contributed by atoms with Gasteiger partial charge in [0.15, 0.2) is 0 Å². The van der Waals surface area contributed by atoms with Crippen molar-refractivity contribution in [1.82, 2.24) is 29.1 Å². The second-order valence-electron chi connectivity index (χ2n) is 7.45. The van der Waals surface area contributed by atoms with Crippen LogP contribution in [0.15, 0.2) is 72.3 Å². The summed E-state index contributed by atoms with van der Waals surface area (Å²) >= 11 is 0. The number of hydrogen-bond donors (Lipinski definition) is 1. The van der Waals surface area contributed by atoms with Gasteiger partial charge in [-0.15, -0.1) is 0 Å². The van der Waals surface area contributed by atoms with Crippen LogP contribution in [0.5, 0.6) is 0 Å². The van der Waals surface area contributed by atoms with E-state index in [0.717, 1.165) is 39.8 Å². The number of benzene rings is 2. The van der Waals surface area contributed by atoms with Gasteiger partial charge in [-0.05, 0) is 37.3 Å². The zero-order valence-corrected chi connectivity index (χ0v) is 17.2. The summed E-state index contributed by atoms with van der Waals surface area (Å²) in [4.78, 5) is 16.9. The third-order valence-electron chi connectivity index (χ3n) is 5.43. The molecule has 0 aliphatic carbocycles. The number of nitrogens with zero attached hydrogens (tertiary/aromatic N) is 6. The maximum Gasteiger partial charge on any atom is 0.416 e. The fraction of sp³-hybridized carbons (Fsp3) is 0.238. The predicted molar refractivity (Wildman–Crippen MR) is 108 cm³/mol. The summed E-state index contributed by atoms with van der Waals surface area (Å²) in [5.74, 6) is -0.692. The van der Waals surface area contributed by atoms with Crippen molar-refractivity contribution in [2.24, 2.45) is 0 Å². The van der Waals surface area contributed by atoms with E-state index in [9.17, 15) is 27.5 Å². The topological polar surface area (TPSA) is 90.8 Å². The van der Waals surface area contributed by atoms with Crippen molar-refractivity contribution < 1.29 is 22.7 Å². The van der Waals surface area contributed by atoms with Gasteiger partial charge in [-0.25, -0.2) is 28.1 Å². The van der Waals surface area contributed by atoms with E-state index in [1.807, 2.05) is 0 Å². The van der Waals surface area contributed by atoms with Crippen molar-refractivity contribution in [2.45, 2.75) is 31.3 Å². The fourth-order valence-corrected chi connectivity index (χ4v) is 3.59. The highest BCUT2D eigenvalue weighted by molar-refractivity contribution is 5.35. The summed E-state index contributed by atoms with van der Waals surface area (Å²) in [5.41, 5.74) is -3.49. The Morgan fingerprint density at radius 2 is 1.73 bits per heavy atom. The standard InChI is InChI=1S/C21H18F4N6O2/c1-14(20(33,10-29-12-26-11-27-29)17-4-2-3-5-18(17)22)31-19(32)30(13-28-31)16-8-6-15(7-9-16)21(23,24)25/h2-9,11-14,33H,10H2,1H3/t14-,20-/m1/s1. The van der Waals surface area contributed by atoms with E-state index >= 15 is 0 Å². The van der Waals surface area contributed by atoms with Gasteiger partial charge in [-0.3, -0.25) is 0 Å². The molecule has 2 atom stereocenters. The molecule has 0 unspecified atom stereocenters. The van der Waals surface area contributed by atoms with Crippen LogP contribution in [0, 0.1) is 5.82 Å². The lowest BCUT2D eigenvalue weighted by atomic mass is 9.86. The Morgan fingerprint density at radius 1 is 1.03 bits per heavy atom. The van der Waals surface area contributed by atoms with Crippen LogP contribution in [0.4, 0.5) is 17.6 Å². The second kappa shape index (κ2) is 8.28. The van der Waals surface area contributed by atoms with E-state index in [-0.39, 0.29) is 17.8 Å². The molecular weight excluding hydrogens is 444 g/mol. The Kier molecular flexibility index (Phi) is 5.62. The lowest BCUT2D eigenvalue weighted by Crippen LogP contribution is -2.44. The molecule has 1 N–H and O–H groups in total. The van der Waals surface area contributed by atoms with Crippen molar-refractivity contribution in [2.75, 3.05) is 0 Å². The molecule has 0 aliphatic rings. The SMILES string of the molecule is C[C@@H](n1ncn(-c2ccc(C(F)(F)F)cc2)c1=O)[C@](O)(Cn1cncn1)c1ccccc1F. The smallest absolute Gasteiger partial charge is 0.381 e. The molecule has 2 aromatic carbocycles. The molecule has 12 heteroatoms. The summed E-state index contributed by atoms with van der Waals surface area (Å²) in [6.07, 6.45) is -0.807. The minimum atomic E-state index is -4.51. The molecule has 0 saturated heterocycles. The summed E-state index contributed by atoms with van der Waals surface area (Å²) in [5, 5.41) is 19.6. The highest BCUT2D eigenvalue weighted by Crippen LogP contribution is 2.35. The van der Waals surface area contributed by atoms with Crippen LogP contribution in [0.25, 0.3) is 5.69 Å². The first kappa shape index (κ1) is 22.4. The zero-order valence-electron chi connectivity index (χ0n) is 17.2. The Hall–Kier alpha value is -3.80. The quantitative estimate of drug-likeness (QED) is 0.445. The van der Waals surface area contributed by atoms with E-state index in [1.165, 1.54) is 42.5 Å². The third-order valence-corrected chi connectivity index (χ3v) is 5.43. The summed E-state index contributed by atoms with van der Waals surface area (Å²) in [6, 6.07) is 8.46. The molecular formula is C21H18F4N6O2. The molecule has 2 heterocycles. The molecule has 0 spiro atoms. The third kappa shape index (κ3) is 4.16. The van der Waals surface area contributed by atoms with Gasteiger partial charge in [-0.2, -0.15) is 23.4 Å². The molecule has 4 rings (SSSR count). The largest absolute Gasteiger partial charge is 0.416 e. The molecule has 2 aromatic heterocycles. The molecule has 33 heavy (non-hydrogen) atoms. The van der Waals surface area contributed by atoms with Gasteiger partial charge >= 0.3 is 11.9 Å². The predicted octanol–water partition coefficient (Wildman–Crippen LogP) is 2.93. The molecule has 8 nitrogen and oxygen atoms in total. The van der Waals surface area contributed by atoms with Gasteiger partial charge in [0.1, 0.15) is 30.4 Å². The van der Waals surface area contributed by atoms with Gasteiger partial charge in [0.25, 0.3) is 0 Å². The number of halogens is 4. The van der Waals surface area contributed by atoms with Gasteiger partial charge in [0.05, 0.1) is 23.8 Å². The summed E-state index contributed by atoms with van der Waals surface area (Å²) in [6.45, 7) is 1.24. The Bertz CT molecular complexity index is 1300. The van der Waals surface area contributed by atoms with Crippen LogP contribution in [0.1, 0.15) is 24.1 Å². The lowest BCUT2D eigenvalue weighted by Gasteiger charge is -2.34. The van der Waals surface area contributed by atoms with Crippen LogP contribution >= 0.6 is 0 Å². The van der Waals surface area contributed by atoms with Crippen LogP contribution < -0.4 is 5.69 Å². The average Bonchev–Trinajstić information content (AvgIpc) is 3.42. The first-order chi connectivity index (χ1) is 15.6. The highest BCUT2D eigenvalue weighted by Gasteiger charge is 2.41. The molecule has 172 valence electrons. The minimum absolute atomic E-state index is 0.0796. The van der Waals surface area contributed by atoms with Crippen molar-refractivity contribution in [3.63, 3.8) is 0 Å². The van der Waals surface area contributed by atoms with E-state index < -0.39 is 34.9 Å². The van der Waals surface area contributed by atoms with E-state index in [4.69, 9.17) is 0 Å². The van der Waals surface area contributed by atoms with Gasteiger partial charge in [-0.1, -0.05) is 18.2 Å². The van der Waals surface area contributed by atoms with Crippen LogP contribution in [0.3, 0.4) is 0 Å². The number of alkyl halides is 3.